The highest BCUT2D eigenvalue weighted by Gasteiger charge is 2.22. The lowest BCUT2D eigenvalue weighted by molar-refractivity contribution is 0.922. The molecule has 14 aromatic carbocycles. The van der Waals surface area contributed by atoms with Crippen molar-refractivity contribution in [2.24, 2.45) is 0 Å². The molecular formula is C88H70Br2N2. The number of nitrogens with zero attached hydrogens (tertiary/aromatic N) is 2. The van der Waals surface area contributed by atoms with Gasteiger partial charge in [0.15, 0.2) is 0 Å². The van der Waals surface area contributed by atoms with Gasteiger partial charge >= 0.3 is 0 Å². The Balaban J connectivity index is 0.792. The molecule has 0 bridgehead atoms. The van der Waals surface area contributed by atoms with Crippen molar-refractivity contribution in [3.63, 3.8) is 0 Å². The van der Waals surface area contributed by atoms with Gasteiger partial charge < -0.3 is 9.80 Å². The number of fused-ring (bicyclic) bond motifs is 2. The van der Waals surface area contributed by atoms with Gasteiger partial charge in [-0.05, 0) is 245 Å². The van der Waals surface area contributed by atoms with Gasteiger partial charge in [-0.1, -0.05) is 265 Å². The van der Waals surface area contributed by atoms with Gasteiger partial charge in [0.25, 0.3) is 0 Å². The molecule has 4 heteroatoms. The summed E-state index contributed by atoms with van der Waals surface area (Å²) in [6.07, 6.45) is 4.48. The van der Waals surface area contributed by atoms with Gasteiger partial charge in [-0.15, -0.1) is 0 Å². The lowest BCUT2D eigenvalue weighted by Gasteiger charge is -2.26. The number of anilines is 6. The molecule has 0 aliphatic carbocycles. The molecule has 14 aromatic rings. The minimum atomic E-state index is 1.07. The molecule has 2 nitrogen and oxygen atoms in total. The molecule has 0 saturated heterocycles. The third-order valence-electron chi connectivity index (χ3n) is 18.1. The number of halogens is 2. The Morgan fingerprint density at radius 2 is 0.467 bits per heavy atom. The fourth-order valence-corrected chi connectivity index (χ4v) is 14.0. The van der Waals surface area contributed by atoms with Crippen LogP contribution in [0, 0.1) is 13.8 Å². The highest BCUT2D eigenvalue weighted by Crippen LogP contribution is 2.47. The zero-order chi connectivity index (χ0) is 62.7. The van der Waals surface area contributed by atoms with Crippen molar-refractivity contribution >= 4 is 87.5 Å². The summed E-state index contributed by atoms with van der Waals surface area (Å²) < 4.78 is 2.14. The molecule has 0 aliphatic rings. The summed E-state index contributed by atoms with van der Waals surface area (Å²) in [5.74, 6) is 0. The normalized spacial score (nSPS) is 11.3. The molecule has 0 fully saturated rings. The van der Waals surface area contributed by atoms with Gasteiger partial charge in [-0.3, -0.25) is 0 Å². The van der Waals surface area contributed by atoms with Gasteiger partial charge in [0.2, 0.25) is 0 Å². The lowest BCUT2D eigenvalue weighted by Crippen LogP contribution is -2.09. The number of hydrogen-bond acceptors (Lipinski definition) is 2. The van der Waals surface area contributed by atoms with E-state index in [2.05, 4.69) is 373 Å². The van der Waals surface area contributed by atoms with Crippen LogP contribution in [0.4, 0.5) is 34.1 Å². The zero-order valence-corrected chi connectivity index (χ0v) is 55.5. The maximum absolute atomic E-state index is 3.62. The van der Waals surface area contributed by atoms with E-state index in [0.717, 1.165) is 68.8 Å². The van der Waals surface area contributed by atoms with Gasteiger partial charge in [-0.25, -0.2) is 0 Å². The van der Waals surface area contributed by atoms with Gasteiger partial charge in [0.05, 0.1) is 0 Å². The third kappa shape index (κ3) is 12.3. The van der Waals surface area contributed by atoms with Crippen molar-refractivity contribution in [2.45, 2.75) is 53.4 Å². The van der Waals surface area contributed by atoms with E-state index in [4.69, 9.17) is 0 Å². The van der Waals surface area contributed by atoms with Crippen LogP contribution < -0.4 is 9.80 Å². The summed E-state index contributed by atoms with van der Waals surface area (Å²) in [5, 5.41) is 4.94. The van der Waals surface area contributed by atoms with Crippen LogP contribution in [-0.2, 0) is 12.8 Å². The van der Waals surface area contributed by atoms with Crippen LogP contribution in [0.1, 0.15) is 48.9 Å². The molecule has 0 amide bonds. The fourth-order valence-electron chi connectivity index (χ4n) is 13.4. The van der Waals surface area contributed by atoms with Crippen LogP contribution in [0.25, 0.3) is 99.4 Å². The SMILES string of the molecule is CCCc1ccc(-c2ccc(N(c3ccc(-c4ccc(Br)cc4)cc3)c3ccc(-c4cc(C)c(-c5c(C)cc(-c6ccc(N(c7ccc(-c8ccc(Br)cc8)cc7)c7ccc(-c8ccc(CCC)cc8)cc7)cc6)c6ccccc56)c5ccccc45)cc3)cc2)cc1. The van der Waals surface area contributed by atoms with Crippen LogP contribution in [0.3, 0.4) is 0 Å². The summed E-state index contributed by atoms with van der Waals surface area (Å²) >= 11 is 7.23. The number of rotatable bonds is 17. The molecule has 446 valence electrons. The van der Waals surface area contributed by atoms with Crippen molar-refractivity contribution in [3.8, 4) is 77.9 Å². The van der Waals surface area contributed by atoms with E-state index in [1.165, 1.54) is 122 Å². The first-order valence-corrected chi connectivity index (χ1v) is 33.7. The Morgan fingerprint density at radius 3 is 0.717 bits per heavy atom. The van der Waals surface area contributed by atoms with Crippen LogP contribution in [0.15, 0.2) is 312 Å². The zero-order valence-electron chi connectivity index (χ0n) is 52.3. The van der Waals surface area contributed by atoms with E-state index in [-0.39, 0.29) is 0 Å². The highest BCUT2D eigenvalue weighted by molar-refractivity contribution is 9.10. The predicted octanol–water partition coefficient (Wildman–Crippen LogP) is 26.6. The van der Waals surface area contributed by atoms with Crippen molar-refractivity contribution < 1.29 is 0 Å². The summed E-state index contributed by atoms with van der Waals surface area (Å²) in [4.78, 5) is 4.74. The molecular weight excluding hydrogens is 1240 g/mol. The second-order valence-corrected chi connectivity index (χ2v) is 26.0. The number of aryl methyl sites for hydroxylation is 4. The number of benzene rings is 14. The first-order chi connectivity index (χ1) is 45.1. The molecule has 0 radical (unpaired) electrons. The summed E-state index contributed by atoms with van der Waals surface area (Å²) in [5.41, 5.74) is 28.7. The number of hydrogen-bond donors (Lipinski definition) is 0. The molecule has 0 aromatic heterocycles. The van der Waals surface area contributed by atoms with Crippen LogP contribution in [-0.4, -0.2) is 0 Å². The lowest BCUT2D eigenvalue weighted by atomic mass is 9.83. The Kier molecular flexibility index (Phi) is 17.2. The minimum absolute atomic E-state index is 1.07. The van der Waals surface area contributed by atoms with E-state index >= 15 is 0 Å². The van der Waals surface area contributed by atoms with E-state index in [1.807, 2.05) is 0 Å². The van der Waals surface area contributed by atoms with Gasteiger partial charge in [0.1, 0.15) is 0 Å². The molecule has 92 heavy (non-hydrogen) atoms. The quantitative estimate of drug-likeness (QED) is 0.0896. The second-order valence-electron chi connectivity index (χ2n) is 24.2. The standard InChI is InChI=1S/C88H70Br2N2/c1-5-11-61-17-21-63(22-18-61)67-29-45-75(46-30-67)91(77-49-33-69(34-50-77)65-25-41-73(89)42-26-65)79-53-37-71(38-54-79)85-57-59(3)87(83-15-9-7-13-81(83)85)88-60(4)58-86(82-14-8-10-16-84(82)88)72-39-55-80(56-40-72)92(78-51-35-70(36-52-78)66-27-43-74(90)44-28-66)76-47-31-68(32-48-76)64-23-19-62(12-6-2)20-24-64/h7-10,13-58H,5-6,11-12H2,1-4H3. The van der Waals surface area contributed by atoms with Crippen molar-refractivity contribution in [1.82, 2.24) is 0 Å². The van der Waals surface area contributed by atoms with E-state index < -0.39 is 0 Å². The predicted molar refractivity (Wildman–Crippen MR) is 402 cm³/mol. The van der Waals surface area contributed by atoms with Gasteiger partial charge in [-0.2, -0.15) is 0 Å². The first-order valence-electron chi connectivity index (χ1n) is 32.1. The molecule has 0 spiro atoms. The monoisotopic (exact) mass is 1310 g/mol. The Morgan fingerprint density at radius 1 is 0.250 bits per heavy atom. The molecule has 0 N–H and O–H groups in total. The Labute approximate surface area is 559 Å². The molecule has 0 unspecified atom stereocenters. The second kappa shape index (κ2) is 26.5. The topological polar surface area (TPSA) is 6.48 Å². The summed E-state index contributed by atoms with van der Waals surface area (Å²) in [6, 6.07) is 112. The van der Waals surface area contributed by atoms with E-state index in [0.29, 0.717) is 0 Å². The molecule has 0 saturated carbocycles. The van der Waals surface area contributed by atoms with Crippen molar-refractivity contribution in [2.75, 3.05) is 9.80 Å². The van der Waals surface area contributed by atoms with Crippen LogP contribution in [0.2, 0.25) is 0 Å². The summed E-state index contributed by atoms with van der Waals surface area (Å²) in [7, 11) is 0. The molecule has 14 rings (SSSR count). The highest BCUT2D eigenvalue weighted by atomic mass is 79.9. The van der Waals surface area contributed by atoms with Crippen molar-refractivity contribution in [1.29, 1.82) is 0 Å². The maximum Gasteiger partial charge on any atom is 0.0462 e. The molecule has 0 heterocycles. The summed E-state index contributed by atoms with van der Waals surface area (Å²) in [6.45, 7) is 9.06. The minimum Gasteiger partial charge on any atom is -0.311 e. The van der Waals surface area contributed by atoms with Gasteiger partial charge in [0, 0.05) is 43.1 Å². The van der Waals surface area contributed by atoms with Crippen molar-refractivity contribution in [3.05, 3.63) is 335 Å². The van der Waals surface area contributed by atoms with E-state index in [9.17, 15) is 0 Å². The molecule has 0 aliphatic heterocycles. The van der Waals surface area contributed by atoms with Crippen LogP contribution in [0.5, 0.6) is 0 Å². The Hall–Kier alpha value is -9.84. The maximum atomic E-state index is 3.62. The average Bonchev–Trinajstić information content (AvgIpc) is 0.749. The Bertz CT molecular complexity index is 4570. The first kappa shape index (κ1) is 59.8. The van der Waals surface area contributed by atoms with Crippen LogP contribution >= 0.6 is 31.9 Å². The third-order valence-corrected chi connectivity index (χ3v) is 19.2. The fraction of sp³-hybridized carbons (Fsp3) is 0.0909. The molecule has 0 atom stereocenters. The van der Waals surface area contributed by atoms with E-state index in [1.54, 1.807) is 0 Å². The smallest absolute Gasteiger partial charge is 0.0462 e. The average molecular weight is 1320 g/mol. The largest absolute Gasteiger partial charge is 0.311 e.